The Labute approximate surface area is 224 Å². The molecule has 170 valence electrons. The first-order valence-electron chi connectivity index (χ1n) is 11.1. The zero-order chi connectivity index (χ0) is 22.3. The third kappa shape index (κ3) is 15.6. The van der Waals surface area contributed by atoms with E-state index < -0.39 is 0 Å². The van der Waals surface area contributed by atoms with Gasteiger partial charge in [0, 0.05) is 24.2 Å². The molecule has 0 spiro atoms. The molecule has 0 aliphatic rings. The van der Waals surface area contributed by atoms with Gasteiger partial charge in [0.1, 0.15) is 0 Å². The average Bonchev–Trinajstić information content (AvgIpc) is 2.55. The van der Waals surface area contributed by atoms with Crippen molar-refractivity contribution in [2.45, 2.75) is 131 Å². The summed E-state index contributed by atoms with van der Waals surface area (Å²) in [5.41, 5.74) is 0. The summed E-state index contributed by atoms with van der Waals surface area (Å²) in [6.07, 6.45) is 9.44. The van der Waals surface area contributed by atoms with Crippen LogP contribution in [0, 0.1) is 0 Å². The first kappa shape index (κ1) is 34.7. The Morgan fingerprint density at radius 2 is 0.759 bits per heavy atom. The molecule has 0 bridgehead atoms. The summed E-state index contributed by atoms with van der Waals surface area (Å²) in [5, 5.41) is 0. The quantitative estimate of drug-likeness (QED) is 0.130. The van der Waals surface area contributed by atoms with E-state index in [0.717, 1.165) is 0 Å². The van der Waals surface area contributed by atoms with Crippen molar-refractivity contribution in [2.75, 3.05) is 0 Å². The van der Waals surface area contributed by atoms with Crippen molar-refractivity contribution in [3.63, 3.8) is 0 Å². The van der Waals surface area contributed by atoms with E-state index in [1.165, 1.54) is 51.4 Å². The van der Waals surface area contributed by atoms with Crippen LogP contribution in [0.1, 0.15) is 107 Å². The summed E-state index contributed by atoms with van der Waals surface area (Å²) in [7, 11) is 0. The molecule has 0 N–H and O–H groups in total. The van der Waals surface area contributed by atoms with E-state index in [4.69, 9.17) is 49.7 Å². The van der Waals surface area contributed by atoms with Crippen LogP contribution in [0.3, 0.4) is 0 Å². The van der Waals surface area contributed by atoms with Crippen molar-refractivity contribution in [2.24, 2.45) is 0 Å². The van der Waals surface area contributed by atoms with Crippen molar-refractivity contribution in [3.8, 4) is 0 Å². The van der Waals surface area contributed by atoms with Crippen molar-refractivity contribution >= 4 is 85.6 Å². The van der Waals surface area contributed by atoms with Crippen LogP contribution >= 0.6 is 24.4 Å². The van der Waals surface area contributed by atoms with Gasteiger partial charge >= 0.3 is 27.3 Å². The molecule has 0 amide bonds. The van der Waals surface area contributed by atoms with Gasteiger partial charge in [0.25, 0.3) is 0 Å². The van der Waals surface area contributed by atoms with Gasteiger partial charge in [0.05, 0.1) is 0 Å². The molecule has 7 heteroatoms. The molecule has 4 atom stereocenters. The van der Waals surface area contributed by atoms with Gasteiger partial charge in [-0.05, 0) is 53.4 Å². The molecule has 0 aromatic heterocycles. The van der Waals surface area contributed by atoms with Crippen LogP contribution in [-0.4, -0.2) is 69.9 Å². The molecule has 29 heavy (non-hydrogen) atoms. The van der Waals surface area contributed by atoms with Crippen LogP contribution in [0.2, 0.25) is 0 Å². The van der Waals surface area contributed by atoms with E-state index >= 15 is 0 Å². The molecule has 0 heterocycles. The molecular weight excluding hydrogens is 628 g/mol. The largest absolute Gasteiger partial charge is 2.00 e. The molecule has 0 rings (SSSR count). The topological polar surface area (TPSA) is 6.48 Å². The maximum absolute atomic E-state index is 5.14. The van der Waals surface area contributed by atoms with Gasteiger partial charge in [-0.2, -0.15) is 0 Å². The molecule has 0 aliphatic carbocycles. The van der Waals surface area contributed by atoms with E-state index in [1.54, 1.807) is 0 Å². The van der Waals surface area contributed by atoms with E-state index in [1.807, 2.05) is 0 Å². The molecule has 0 aliphatic heterocycles. The fourth-order valence-corrected chi connectivity index (χ4v) is 5.26. The Morgan fingerprint density at radius 3 is 0.862 bits per heavy atom. The van der Waals surface area contributed by atoms with E-state index in [-0.39, 0.29) is 27.3 Å². The molecule has 0 saturated carbocycles. The second-order valence-corrected chi connectivity index (χ2v) is 9.96. The smallest absolute Gasteiger partial charge is 0.411 e. The fourth-order valence-electron chi connectivity index (χ4n) is 3.82. The second kappa shape index (κ2) is 21.0. The monoisotopic (exact) mass is 672 g/mol. The maximum Gasteiger partial charge on any atom is 2.00 e. The standard InChI is InChI=1S/2C11H23NS2.Pb/c2*1-5-7-9(3)12(11(13)14)10(4)8-6-2;/h2*9-10H,5-8H2,1-4H3,(H,13,14);/q;;+2/p-2. The molecule has 0 aromatic carbocycles. The summed E-state index contributed by atoms with van der Waals surface area (Å²) in [6.45, 7) is 17.7. The van der Waals surface area contributed by atoms with Gasteiger partial charge in [-0.1, -0.05) is 62.0 Å². The normalized spacial score (nSPS) is 14.3. The molecule has 2 nitrogen and oxygen atoms in total. The van der Waals surface area contributed by atoms with Crippen molar-refractivity contribution < 1.29 is 0 Å². The summed E-state index contributed by atoms with van der Waals surface area (Å²) in [5.74, 6) is 0. The van der Waals surface area contributed by atoms with Gasteiger partial charge < -0.3 is 59.5 Å². The van der Waals surface area contributed by atoms with Crippen molar-refractivity contribution in [1.29, 1.82) is 0 Å². The molecule has 2 radical (unpaired) electrons. The van der Waals surface area contributed by atoms with Crippen molar-refractivity contribution in [1.82, 2.24) is 9.80 Å². The van der Waals surface area contributed by atoms with Crippen LogP contribution in [0.5, 0.6) is 0 Å². The van der Waals surface area contributed by atoms with Gasteiger partial charge in [-0.3, -0.25) is 0 Å². The number of hydrogen-bond acceptors (Lipinski definition) is 4. The minimum atomic E-state index is 0. The zero-order valence-electron chi connectivity index (χ0n) is 20.0. The van der Waals surface area contributed by atoms with Crippen LogP contribution in [0.25, 0.3) is 0 Å². The minimum absolute atomic E-state index is 0. The predicted octanol–water partition coefficient (Wildman–Crippen LogP) is 6.61. The summed E-state index contributed by atoms with van der Waals surface area (Å²) in [6, 6.07) is 1.97. The third-order valence-corrected chi connectivity index (χ3v) is 5.99. The Kier molecular flexibility index (Phi) is 25.2. The average molecular weight is 672 g/mol. The molecular formula is C22H44N2PbS4. The fraction of sp³-hybridized carbons (Fsp3) is 0.909. The van der Waals surface area contributed by atoms with Gasteiger partial charge in [-0.25, -0.2) is 0 Å². The number of rotatable bonds is 12. The molecule has 0 saturated heterocycles. The number of hydrogen-bond donors (Lipinski definition) is 0. The Balaban J connectivity index is -0.000000451. The third-order valence-electron chi connectivity index (χ3n) is 5.15. The van der Waals surface area contributed by atoms with E-state index in [0.29, 0.717) is 32.8 Å². The second-order valence-electron chi connectivity index (χ2n) is 7.90. The summed E-state index contributed by atoms with van der Waals surface area (Å²) >= 11 is 20.6. The SMILES string of the molecule is CCCC(C)N(C(=S)[S-])C(C)CCC.CCCC(C)N(C(=S)[S-])C(C)CCC.[Pb+2]. The molecule has 4 unspecified atom stereocenters. The van der Waals surface area contributed by atoms with Crippen LogP contribution < -0.4 is 0 Å². The zero-order valence-corrected chi connectivity index (χ0v) is 27.1. The minimum Gasteiger partial charge on any atom is -0.411 e. The predicted molar refractivity (Wildman–Crippen MR) is 147 cm³/mol. The summed E-state index contributed by atoms with van der Waals surface area (Å²) in [4.78, 5) is 4.44. The van der Waals surface area contributed by atoms with Crippen molar-refractivity contribution in [3.05, 3.63) is 0 Å². The van der Waals surface area contributed by atoms with Crippen LogP contribution in [0.15, 0.2) is 0 Å². The van der Waals surface area contributed by atoms with Gasteiger partial charge in [0.15, 0.2) is 0 Å². The number of thiocarbonyl (C=S) groups is 2. The summed E-state index contributed by atoms with van der Waals surface area (Å²) < 4.78 is 1.26. The molecule has 0 fully saturated rings. The molecule has 0 aromatic rings. The maximum atomic E-state index is 5.14. The Morgan fingerprint density at radius 1 is 0.586 bits per heavy atom. The Bertz CT molecular complexity index is 362. The number of nitrogens with zero attached hydrogens (tertiary/aromatic N) is 2. The first-order chi connectivity index (χ1) is 13.1. The Hall–Kier alpha value is 1.14. The van der Waals surface area contributed by atoms with Gasteiger partial charge in [0.2, 0.25) is 0 Å². The van der Waals surface area contributed by atoms with Crippen LogP contribution in [-0.2, 0) is 25.3 Å². The van der Waals surface area contributed by atoms with E-state index in [2.05, 4.69) is 65.2 Å². The van der Waals surface area contributed by atoms with Crippen LogP contribution in [0.4, 0.5) is 0 Å². The van der Waals surface area contributed by atoms with Gasteiger partial charge in [-0.15, -0.1) is 0 Å². The first-order valence-corrected chi connectivity index (χ1v) is 12.7. The van der Waals surface area contributed by atoms with E-state index in [9.17, 15) is 0 Å².